The Balaban J connectivity index is 3.12. The molecular weight excluding hydrogens is 1180 g/mol. The van der Waals surface area contributed by atoms with Crippen molar-refractivity contribution >= 4 is 76.7 Å². The van der Waals surface area contributed by atoms with Gasteiger partial charge in [-0.3, -0.25) is 52.7 Å². The molecule has 0 aromatic carbocycles. The van der Waals surface area contributed by atoms with Gasteiger partial charge in [-0.15, -0.1) is 11.8 Å². The van der Waals surface area contributed by atoms with Crippen molar-refractivity contribution in [1.29, 1.82) is 0 Å². The van der Waals surface area contributed by atoms with Crippen molar-refractivity contribution in [2.45, 2.75) is 233 Å². The topological polar surface area (TPSA) is 291 Å². The van der Waals surface area contributed by atoms with Gasteiger partial charge in [-0.1, -0.05) is 109 Å². The Morgan fingerprint density at radius 3 is 1.51 bits per heavy atom. The van der Waals surface area contributed by atoms with Crippen molar-refractivity contribution in [1.82, 2.24) is 60.9 Å². The summed E-state index contributed by atoms with van der Waals surface area (Å²) in [5.74, 6) is -9.84. The minimum Gasteiger partial charge on any atom is -0.390 e. The van der Waals surface area contributed by atoms with E-state index in [0.717, 1.165) is 9.80 Å². The van der Waals surface area contributed by atoms with Gasteiger partial charge in [0.25, 0.3) is 5.91 Å². The van der Waals surface area contributed by atoms with Gasteiger partial charge in [0.1, 0.15) is 54.4 Å². The molecule has 0 bridgehead atoms. The maximum atomic E-state index is 16.2. The Labute approximate surface area is 549 Å². The molecule has 91 heavy (non-hydrogen) atoms. The third-order valence-corrected chi connectivity index (χ3v) is 19.7. The molecule has 0 spiro atoms. The number of likely N-dealkylation sites (N-methyl/N-ethyl adjacent to an activating group) is 7. The predicted molar refractivity (Wildman–Crippen MR) is 356 cm³/mol. The van der Waals surface area contributed by atoms with Gasteiger partial charge >= 0.3 is 0 Å². The summed E-state index contributed by atoms with van der Waals surface area (Å²) >= 11 is 1.26. The molecule has 2 rings (SSSR count). The Hall–Kier alpha value is -5.82. The highest BCUT2D eigenvalue weighted by molar-refractivity contribution is 8.02. The lowest BCUT2D eigenvalue weighted by molar-refractivity contribution is -0.159. The molecule has 11 amide bonds. The molecule has 13 atom stereocenters. The minimum atomic E-state index is -1.80. The third kappa shape index (κ3) is 21.6. The Morgan fingerprint density at radius 2 is 1.03 bits per heavy atom. The molecule has 1 unspecified atom stereocenters. The SMILES string of the molecule is C/C=C/C[C@@H](C)[C@@H](O)[C@H]1C(=O)N[C@@H](CC)C(=O)N(C)CC(=O)N(C)[C@@H](CC(C)C)C(=O)N[C@@H](C(C)C)C(=O)N(C)[C@@H](CC(C)C)C(=O)N[C@@H](C)C(=O)N[C@H](C)C(=O)N(C)[C@@H](CC(C)C)C(=O)N(C)[C@@H](CC(C)C)C(=O)N(C)[C@](SC2CCNC2)(C(C)C)C(=O)N1C. The summed E-state index contributed by atoms with van der Waals surface area (Å²) in [5, 5.41) is 26.7. The molecule has 2 aliphatic rings. The number of allylic oxidation sites excluding steroid dienone is 2. The van der Waals surface area contributed by atoms with Gasteiger partial charge in [-0.25, -0.2) is 0 Å². The second-order valence-electron chi connectivity index (χ2n) is 27.9. The molecule has 0 radical (unpaired) electrons. The van der Waals surface area contributed by atoms with Crippen molar-refractivity contribution in [3.05, 3.63) is 12.2 Å². The number of aliphatic hydroxyl groups excluding tert-OH is 1. The van der Waals surface area contributed by atoms with Crippen LogP contribution < -0.4 is 26.6 Å². The first-order chi connectivity index (χ1) is 42.2. The molecule has 2 heterocycles. The normalized spacial score (nSPS) is 28.4. The van der Waals surface area contributed by atoms with Gasteiger partial charge in [-0.05, 0) is 114 Å². The highest BCUT2D eigenvalue weighted by atomic mass is 32.2. The van der Waals surface area contributed by atoms with E-state index in [9.17, 15) is 38.7 Å². The number of carbonyl (C=O) groups is 11. The number of nitrogens with zero attached hydrogens (tertiary/aromatic N) is 7. The molecule has 0 aliphatic carbocycles. The summed E-state index contributed by atoms with van der Waals surface area (Å²) in [6.07, 6.45) is 3.62. The van der Waals surface area contributed by atoms with Gasteiger partial charge < -0.3 is 66.0 Å². The largest absolute Gasteiger partial charge is 0.390 e. The quantitative estimate of drug-likeness (QED) is 0.113. The lowest BCUT2D eigenvalue weighted by Crippen LogP contribution is -2.68. The molecular formula is C66H118N12O12S. The van der Waals surface area contributed by atoms with Crippen LogP contribution in [0.1, 0.15) is 163 Å². The van der Waals surface area contributed by atoms with E-state index in [0.29, 0.717) is 25.9 Å². The van der Waals surface area contributed by atoms with Crippen molar-refractivity contribution in [2.24, 2.45) is 41.4 Å². The van der Waals surface area contributed by atoms with Gasteiger partial charge in [0.05, 0.1) is 12.6 Å². The van der Waals surface area contributed by atoms with E-state index in [1.165, 1.54) is 99.4 Å². The summed E-state index contributed by atoms with van der Waals surface area (Å²) in [4.78, 5) is 171. The number of rotatable bonds is 17. The van der Waals surface area contributed by atoms with Crippen LogP contribution in [-0.4, -0.2) is 244 Å². The molecule has 0 aromatic heterocycles. The number of thioether (sulfide) groups is 1. The van der Waals surface area contributed by atoms with E-state index in [4.69, 9.17) is 0 Å². The van der Waals surface area contributed by atoms with Crippen LogP contribution in [0.15, 0.2) is 12.2 Å². The molecule has 520 valence electrons. The smallest absolute Gasteiger partial charge is 0.259 e. The first-order valence-corrected chi connectivity index (χ1v) is 33.8. The van der Waals surface area contributed by atoms with Gasteiger partial charge in [-0.2, -0.15) is 0 Å². The molecule has 0 saturated carbocycles. The van der Waals surface area contributed by atoms with Crippen LogP contribution >= 0.6 is 11.8 Å². The molecule has 2 aliphatic heterocycles. The summed E-state index contributed by atoms with van der Waals surface area (Å²) in [7, 11) is 10.1. The maximum absolute atomic E-state index is 16.2. The van der Waals surface area contributed by atoms with E-state index >= 15 is 19.2 Å². The fourth-order valence-corrected chi connectivity index (χ4v) is 13.6. The summed E-state index contributed by atoms with van der Waals surface area (Å²) in [6, 6.07) is -11.2. The standard InChI is InChI=1S/C66H118N12O12S/c1-25-27-28-43(15)55(80)54-59(84)70-47(26-2)61(86)72(18)36-52(79)73(19)48(31-37(3)4)58(83)71-53(41(11)12)64(89)74(20)49(32-38(5)6)57(82)68-44(16)56(81)69-45(17)60(85)75(21)50(33-39(7)8)62(87)76(22)51(34-40(9)10)63(88)78(24)66(42(13)14,65(90)77(54)23)91-46-29-30-67-35-46/h25,27,37-51,53-55,67,80H,26,28-36H2,1-24H3,(H,68,82)(H,69,81)(H,70,84)(H,71,83)/b27-25+/t43-,44+,45-,46?,47+,48+,49+,50+,51+,53+,54+,55-,66+/m1/s1. The van der Waals surface area contributed by atoms with Crippen LogP contribution in [0.3, 0.4) is 0 Å². The highest BCUT2D eigenvalue weighted by Gasteiger charge is 2.55. The van der Waals surface area contributed by atoms with E-state index in [1.54, 1.807) is 47.6 Å². The lowest BCUT2D eigenvalue weighted by atomic mass is 9.91. The van der Waals surface area contributed by atoms with Crippen LogP contribution in [0.2, 0.25) is 0 Å². The van der Waals surface area contributed by atoms with Crippen molar-refractivity contribution < 1.29 is 57.8 Å². The van der Waals surface area contributed by atoms with Crippen molar-refractivity contribution in [3.8, 4) is 0 Å². The van der Waals surface area contributed by atoms with E-state index in [1.807, 2.05) is 68.4 Å². The second kappa shape index (κ2) is 36.6. The second-order valence-corrected chi connectivity index (χ2v) is 29.4. The zero-order valence-electron chi connectivity index (χ0n) is 59.6. The van der Waals surface area contributed by atoms with Gasteiger partial charge in [0, 0.05) is 61.1 Å². The average Bonchev–Trinajstić information content (AvgIpc) is 1.23. The van der Waals surface area contributed by atoms with Crippen molar-refractivity contribution in [2.75, 3.05) is 69.0 Å². The molecule has 24 nitrogen and oxygen atoms in total. The first-order valence-electron chi connectivity index (χ1n) is 32.9. The number of hydrogen-bond donors (Lipinski definition) is 6. The Morgan fingerprint density at radius 1 is 0.560 bits per heavy atom. The number of nitrogens with one attached hydrogen (secondary N) is 5. The number of carbonyl (C=O) groups excluding carboxylic acids is 11. The summed E-state index contributed by atoms with van der Waals surface area (Å²) in [6.45, 7) is 30.7. The van der Waals surface area contributed by atoms with Crippen LogP contribution in [0.4, 0.5) is 0 Å². The average molecular weight is 1300 g/mol. The van der Waals surface area contributed by atoms with Crippen LogP contribution in [0.5, 0.6) is 0 Å². The molecule has 25 heteroatoms. The maximum Gasteiger partial charge on any atom is 0.259 e. The fraction of sp³-hybridized carbons (Fsp3) is 0.803. The summed E-state index contributed by atoms with van der Waals surface area (Å²) in [5.41, 5.74) is 0. The van der Waals surface area contributed by atoms with E-state index < -0.39 is 155 Å². The van der Waals surface area contributed by atoms with Gasteiger partial charge in [0.2, 0.25) is 59.1 Å². The lowest BCUT2D eigenvalue weighted by Gasteiger charge is -2.49. The molecule has 0 aromatic rings. The fourth-order valence-electron chi connectivity index (χ4n) is 11.9. The number of amides is 11. The summed E-state index contributed by atoms with van der Waals surface area (Å²) < 4.78 is 0. The Bertz CT molecular complexity index is 2530. The molecule has 2 saturated heterocycles. The van der Waals surface area contributed by atoms with E-state index in [2.05, 4.69) is 26.6 Å². The highest BCUT2D eigenvalue weighted by Crippen LogP contribution is 2.44. The zero-order chi connectivity index (χ0) is 70.0. The number of aliphatic hydroxyl groups is 1. The van der Waals surface area contributed by atoms with Gasteiger partial charge in [0.15, 0.2) is 4.87 Å². The molecule has 2 fully saturated rings. The number of hydrogen-bond acceptors (Lipinski definition) is 14. The van der Waals surface area contributed by atoms with E-state index in [-0.39, 0.29) is 61.0 Å². The monoisotopic (exact) mass is 1300 g/mol. The zero-order valence-corrected chi connectivity index (χ0v) is 60.4. The Kier molecular flexibility index (Phi) is 32.7. The first kappa shape index (κ1) is 81.3. The van der Waals surface area contributed by atoms with Crippen molar-refractivity contribution in [3.63, 3.8) is 0 Å². The molecule has 6 N–H and O–H groups in total. The van der Waals surface area contributed by atoms with Crippen LogP contribution in [0.25, 0.3) is 0 Å². The third-order valence-electron chi connectivity index (χ3n) is 17.7. The minimum absolute atomic E-state index is 0.0148. The predicted octanol–water partition coefficient (Wildman–Crippen LogP) is 3.69. The van der Waals surface area contributed by atoms with Crippen LogP contribution in [-0.2, 0) is 52.7 Å². The van der Waals surface area contributed by atoms with Crippen LogP contribution in [0, 0.1) is 41.4 Å².